The van der Waals surface area contributed by atoms with Gasteiger partial charge in [-0.1, -0.05) is 13.8 Å². The van der Waals surface area contributed by atoms with Crippen molar-refractivity contribution in [3.63, 3.8) is 0 Å². The van der Waals surface area contributed by atoms with Gasteiger partial charge in [0.05, 0.1) is 13.0 Å². The minimum atomic E-state index is -4.89. The number of carboxylic acid groups (broad SMARTS) is 1. The smallest absolute Gasteiger partial charge is 0.398 e. The Bertz CT molecular complexity index is 430. The number of aliphatic hydroxyl groups is 1. The molecule has 0 saturated carbocycles. The molecule has 0 aliphatic heterocycles. The standard InChI is InChI=1S/C9H17NO8S/c1-9(2,5-11)7(18-19(15,16)17)8(14)10-4-3-6(12)13/h7,11H,3-5H2,1-2H3,(H,10,14)(H,12,13)(H,15,16,17)/t7-/m0/s1. The molecule has 0 aromatic rings. The second kappa shape index (κ2) is 6.80. The predicted molar refractivity (Wildman–Crippen MR) is 62.6 cm³/mol. The Morgan fingerprint density at radius 1 is 1.37 bits per heavy atom. The monoisotopic (exact) mass is 299 g/mol. The summed E-state index contributed by atoms with van der Waals surface area (Å²) in [5.74, 6) is -2.09. The Kier molecular flexibility index (Phi) is 6.36. The molecule has 0 saturated heterocycles. The van der Waals surface area contributed by atoms with E-state index in [4.69, 9.17) is 14.8 Å². The Balaban J connectivity index is 4.84. The molecule has 10 heteroatoms. The van der Waals surface area contributed by atoms with E-state index < -0.39 is 40.4 Å². The number of amides is 1. The lowest BCUT2D eigenvalue weighted by Crippen LogP contribution is -2.48. The van der Waals surface area contributed by atoms with Gasteiger partial charge in [0, 0.05) is 12.0 Å². The molecule has 0 aliphatic rings. The van der Waals surface area contributed by atoms with Crippen molar-refractivity contribution in [3.05, 3.63) is 0 Å². The first-order valence-electron chi connectivity index (χ1n) is 5.25. The molecular weight excluding hydrogens is 282 g/mol. The molecule has 0 aromatic carbocycles. The maximum absolute atomic E-state index is 11.7. The van der Waals surface area contributed by atoms with Gasteiger partial charge in [0.1, 0.15) is 0 Å². The topological polar surface area (TPSA) is 150 Å². The van der Waals surface area contributed by atoms with Crippen molar-refractivity contribution in [2.24, 2.45) is 5.41 Å². The van der Waals surface area contributed by atoms with Gasteiger partial charge in [-0.2, -0.15) is 8.42 Å². The molecule has 0 spiro atoms. The number of carboxylic acids is 1. The number of hydrogen-bond donors (Lipinski definition) is 4. The van der Waals surface area contributed by atoms with Crippen LogP contribution in [0.15, 0.2) is 0 Å². The third-order valence-electron chi connectivity index (χ3n) is 2.21. The normalized spacial score (nSPS) is 13.9. The van der Waals surface area contributed by atoms with Crippen LogP contribution in [0.2, 0.25) is 0 Å². The van der Waals surface area contributed by atoms with E-state index >= 15 is 0 Å². The van der Waals surface area contributed by atoms with Crippen LogP contribution in [0.5, 0.6) is 0 Å². The van der Waals surface area contributed by atoms with Gasteiger partial charge in [0.25, 0.3) is 5.91 Å². The largest absolute Gasteiger partial charge is 0.481 e. The van der Waals surface area contributed by atoms with Crippen molar-refractivity contribution in [3.8, 4) is 0 Å². The molecule has 0 heterocycles. The van der Waals surface area contributed by atoms with E-state index in [0.29, 0.717) is 0 Å². The molecule has 0 bridgehead atoms. The summed E-state index contributed by atoms with van der Waals surface area (Å²) < 4.78 is 34.2. The van der Waals surface area contributed by atoms with E-state index in [1.807, 2.05) is 0 Å². The summed E-state index contributed by atoms with van der Waals surface area (Å²) in [6, 6.07) is 0. The van der Waals surface area contributed by atoms with Crippen LogP contribution in [0.25, 0.3) is 0 Å². The number of carbonyl (C=O) groups excluding carboxylic acids is 1. The second-order valence-corrected chi connectivity index (χ2v) is 5.53. The average Bonchev–Trinajstić information content (AvgIpc) is 2.23. The lowest BCUT2D eigenvalue weighted by Gasteiger charge is -2.29. The fraction of sp³-hybridized carbons (Fsp3) is 0.778. The zero-order valence-corrected chi connectivity index (χ0v) is 11.3. The highest BCUT2D eigenvalue weighted by Crippen LogP contribution is 2.24. The average molecular weight is 299 g/mol. The fourth-order valence-electron chi connectivity index (χ4n) is 1.12. The quantitative estimate of drug-likeness (QED) is 0.407. The molecule has 0 fully saturated rings. The molecule has 0 rings (SSSR count). The van der Waals surface area contributed by atoms with Crippen LogP contribution in [0.4, 0.5) is 0 Å². The summed E-state index contributed by atoms with van der Waals surface area (Å²) >= 11 is 0. The summed E-state index contributed by atoms with van der Waals surface area (Å²) in [5.41, 5.74) is -1.29. The molecule has 0 unspecified atom stereocenters. The summed E-state index contributed by atoms with van der Waals surface area (Å²) in [6.45, 7) is 1.87. The molecule has 1 amide bonds. The molecular formula is C9H17NO8S. The van der Waals surface area contributed by atoms with Gasteiger partial charge >= 0.3 is 16.4 Å². The van der Waals surface area contributed by atoms with E-state index in [2.05, 4.69) is 9.50 Å². The highest BCUT2D eigenvalue weighted by Gasteiger charge is 2.39. The van der Waals surface area contributed by atoms with Crippen LogP contribution in [0.3, 0.4) is 0 Å². The van der Waals surface area contributed by atoms with Crippen molar-refractivity contribution in [2.75, 3.05) is 13.2 Å². The Morgan fingerprint density at radius 3 is 2.26 bits per heavy atom. The molecule has 0 radical (unpaired) electrons. The van der Waals surface area contributed by atoms with Gasteiger partial charge < -0.3 is 15.5 Å². The third kappa shape index (κ3) is 7.06. The molecule has 19 heavy (non-hydrogen) atoms. The minimum Gasteiger partial charge on any atom is -0.481 e. The number of aliphatic carboxylic acids is 1. The number of carbonyl (C=O) groups is 2. The van der Waals surface area contributed by atoms with Crippen LogP contribution in [-0.2, 0) is 24.2 Å². The molecule has 0 aromatic heterocycles. The first-order chi connectivity index (χ1) is 8.49. The summed E-state index contributed by atoms with van der Waals surface area (Å²) in [6.07, 6.45) is -2.04. The fourth-order valence-corrected chi connectivity index (χ4v) is 1.71. The van der Waals surface area contributed by atoms with Crippen molar-refractivity contribution < 1.29 is 37.0 Å². The van der Waals surface area contributed by atoms with Gasteiger partial charge in [-0.3, -0.25) is 14.1 Å². The van der Waals surface area contributed by atoms with Gasteiger partial charge in [-0.25, -0.2) is 4.18 Å². The van der Waals surface area contributed by atoms with E-state index in [1.54, 1.807) is 0 Å². The number of hydrogen-bond acceptors (Lipinski definition) is 6. The molecule has 1 atom stereocenters. The number of rotatable bonds is 8. The number of aliphatic hydroxyl groups excluding tert-OH is 1. The van der Waals surface area contributed by atoms with E-state index in [9.17, 15) is 18.0 Å². The lowest BCUT2D eigenvalue weighted by molar-refractivity contribution is -0.137. The SMILES string of the molecule is CC(C)(CO)[C@@H](OS(=O)(=O)O)C(=O)NCCC(=O)O. The summed E-state index contributed by atoms with van der Waals surface area (Å²) in [7, 11) is -4.89. The van der Waals surface area contributed by atoms with Crippen LogP contribution in [-0.4, -0.2) is 54.3 Å². The Labute approximate surface area is 110 Å². The van der Waals surface area contributed by atoms with Crippen LogP contribution in [0.1, 0.15) is 20.3 Å². The number of nitrogens with one attached hydrogen (secondary N) is 1. The van der Waals surface area contributed by atoms with Crippen molar-refractivity contribution >= 4 is 22.3 Å². The molecule has 0 aliphatic carbocycles. The molecule has 4 N–H and O–H groups in total. The van der Waals surface area contributed by atoms with Crippen LogP contribution in [0, 0.1) is 5.41 Å². The Hall–Kier alpha value is -1.23. The van der Waals surface area contributed by atoms with Crippen molar-refractivity contribution in [1.29, 1.82) is 0 Å². The minimum absolute atomic E-state index is 0.235. The zero-order valence-electron chi connectivity index (χ0n) is 10.5. The maximum Gasteiger partial charge on any atom is 0.398 e. The van der Waals surface area contributed by atoms with E-state index in [0.717, 1.165) is 0 Å². The predicted octanol–water partition coefficient (Wildman–Crippen LogP) is -1.22. The third-order valence-corrected chi connectivity index (χ3v) is 2.65. The maximum atomic E-state index is 11.7. The van der Waals surface area contributed by atoms with Crippen molar-refractivity contribution in [2.45, 2.75) is 26.4 Å². The second-order valence-electron chi connectivity index (χ2n) is 4.49. The highest BCUT2D eigenvalue weighted by molar-refractivity contribution is 7.80. The highest BCUT2D eigenvalue weighted by atomic mass is 32.3. The molecule has 9 nitrogen and oxygen atoms in total. The van der Waals surface area contributed by atoms with Crippen LogP contribution < -0.4 is 5.32 Å². The first-order valence-corrected chi connectivity index (χ1v) is 6.62. The van der Waals surface area contributed by atoms with Crippen molar-refractivity contribution in [1.82, 2.24) is 5.32 Å². The first kappa shape index (κ1) is 17.8. The van der Waals surface area contributed by atoms with E-state index in [-0.39, 0.29) is 13.0 Å². The van der Waals surface area contributed by atoms with Gasteiger partial charge in [-0.05, 0) is 0 Å². The van der Waals surface area contributed by atoms with E-state index in [1.165, 1.54) is 13.8 Å². The summed E-state index contributed by atoms with van der Waals surface area (Å²) in [5, 5.41) is 19.6. The summed E-state index contributed by atoms with van der Waals surface area (Å²) in [4.78, 5) is 22.0. The zero-order chi connectivity index (χ0) is 15.3. The van der Waals surface area contributed by atoms with Crippen LogP contribution >= 0.6 is 0 Å². The van der Waals surface area contributed by atoms with Gasteiger partial charge in [-0.15, -0.1) is 0 Å². The Morgan fingerprint density at radius 2 is 1.89 bits per heavy atom. The van der Waals surface area contributed by atoms with Gasteiger partial charge in [0.2, 0.25) is 0 Å². The molecule has 112 valence electrons. The lowest BCUT2D eigenvalue weighted by atomic mass is 9.87. The van der Waals surface area contributed by atoms with Gasteiger partial charge in [0.15, 0.2) is 6.10 Å².